The Hall–Kier alpha value is -0.120. The maximum atomic E-state index is 6.09. The molecule has 3 nitrogen and oxygen atoms in total. The van der Waals surface area contributed by atoms with Crippen LogP contribution in [-0.2, 0) is 0 Å². The van der Waals surface area contributed by atoms with Crippen molar-refractivity contribution in [1.29, 1.82) is 0 Å². The molecule has 2 rings (SSSR count). The third-order valence-electron chi connectivity index (χ3n) is 4.81. The monoisotopic (exact) mass is 225 g/mol. The van der Waals surface area contributed by atoms with E-state index in [-0.39, 0.29) is 5.54 Å². The summed E-state index contributed by atoms with van der Waals surface area (Å²) < 4.78 is 0. The molecule has 2 atom stereocenters. The van der Waals surface area contributed by atoms with Gasteiger partial charge in [-0.05, 0) is 52.2 Å². The van der Waals surface area contributed by atoms with Crippen molar-refractivity contribution in [3.05, 3.63) is 0 Å². The SMILES string of the molecule is CC1CCN(C2(CN)CC(C)N(C)C2)CC1. The van der Waals surface area contributed by atoms with Gasteiger partial charge in [-0.2, -0.15) is 0 Å². The number of hydrogen-bond donors (Lipinski definition) is 1. The minimum Gasteiger partial charge on any atom is -0.329 e. The molecule has 94 valence electrons. The van der Waals surface area contributed by atoms with Gasteiger partial charge in [-0.3, -0.25) is 4.90 Å². The molecule has 0 amide bonds. The molecule has 2 aliphatic heterocycles. The van der Waals surface area contributed by atoms with Gasteiger partial charge < -0.3 is 10.6 Å². The summed E-state index contributed by atoms with van der Waals surface area (Å²) in [6.45, 7) is 9.16. The summed E-state index contributed by atoms with van der Waals surface area (Å²) in [5, 5.41) is 0. The second-order valence-corrected chi connectivity index (χ2v) is 6.07. The molecular weight excluding hydrogens is 198 g/mol. The number of nitrogens with two attached hydrogens (primary N) is 1. The molecule has 2 unspecified atom stereocenters. The van der Waals surface area contributed by atoms with E-state index in [0.29, 0.717) is 6.04 Å². The van der Waals surface area contributed by atoms with Gasteiger partial charge in [0.2, 0.25) is 0 Å². The van der Waals surface area contributed by atoms with Crippen molar-refractivity contribution < 1.29 is 0 Å². The lowest BCUT2D eigenvalue weighted by atomic mass is 9.89. The highest BCUT2D eigenvalue weighted by atomic mass is 15.3. The quantitative estimate of drug-likeness (QED) is 0.765. The summed E-state index contributed by atoms with van der Waals surface area (Å²) in [6, 6.07) is 0.683. The molecular formula is C13H27N3. The molecule has 2 fully saturated rings. The first-order valence-electron chi connectivity index (χ1n) is 6.73. The standard InChI is InChI=1S/C13H27N3/c1-11-4-6-16(7-5-11)13(9-14)8-12(2)15(3)10-13/h11-12H,4-10,14H2,1-3H3. The Kier molecular flexibility index (Phi) is 3.57. The molecule has 0 aliphatic carbocycles. The van der Waals surface area contributed by atoms with Crippen molar-refractivity contribution in [1.82, 2.24) is 9.80 Å². The van der Waals surface area contributed by atoms with E-state index in [9.17, 15) is 0 Å². The molecule has 2 heterocycles. The molecule has 0 spiro atoms. The number of nitrogens with zero attached hydrogens (tertiary/aromatic N) is 2. The van der Waals surface area contributed by atoms with Gasteiger partial charge in [0.25, 0.3) is 0 Å². The predicted octanol–water partition coefficient (Wildman–Crippen LogP) is 1.14. The molecule has 0 saturated carbocycles. The van der Waals surface area contributed by atoms with Crippen molar-refractivity contribution in [3.63, 3.8) is 0 Å². The maximum Gasteiger partial charge on any atom is 0.0473 e. The van der Waals surface area contributed by atoms with Gasteiger partial charge in [0.1, 0.15) is 0 Å². The van der Waals surface area contributed by atoms with Crippen LogP contribution in [0.25, 0.3) is 0 Å². The van der Waals surface area contributed by atoms with Crippen LogP contribution in [0.4, 0.5) is 0 Å². The minimum absolute atomic E-state index is 0.272. The molecule has 0 aromatic rings. The second kappa shape index (κ2) is 4.63. The van der Waals surface area contributed by atoms with Gasteiger partial charge in [-0.25, -0.2) is 0 Å². The fraction of sp³-hybridized carbons (Fsp3) is 1.00. The van der Waals surface area contributed by atoms with Crippen LogP contribution in [0.2, 0.25) is 0 Å². The van der Waals surface area contributed by atoms with Gasteiger partial charge in [0, 0.05) is 24.7 Å². The molecule has 3 heteroatoms. The number of rotatable bonds is 2. The summed E-state index contributed by atoms with van der Waals surface area (Å²) in [4.78, 5) is 5.14. The van der Waals surface area contributed by atoms with Gasteiger partial charge in [0.05, 0.1) is 0 Å². The molecule has 0 bridgehead atoms. The molecule has 2 aliphatic rings. The first-order chi connectivity index (χ1) is 7.57. The average molecular weight is 225 g/mol. The van der Waals surface area contributed by atoms with E-state index >= 15 is 0 Å². The van der Waals surface area contributed by atoms with Crippen LogP contribution in [-0.4, -0.2) is 54.6 Å². The third-order valence-corrected chi connectivity index (χ3v) is 4.81. The van der Waals surface area contributed by atoms with Crippen molar-refractivity contribution in [2.24, 2.45) is 11.7 Å². The molecule has 0 aromatic carbocycles. The smallest absolute Gasteiger partial charge is 0.0473 e. The first-order valence-corrected chi connectivity index (χ1v) is 6.73. The summed E-state index contributed by atoms with van der Waals surface area (Å²) >= 11 is 0. The lowest BCUT2D eigenvalue weighted by Crippen LogP contribution is -2.57. The Morgan fingerprint density at radius 2 is 1.88 bits per heavy atom. The van der Waals surface area contributed by atoms with Crippen LogP contribution in [0.5, 0.6) is 0 Å². The van der Waals surface area contributed by atoms with Crippen LogP contribution < -0.4 is 5.73 Å². The van der Waals surface area contributed by atoms with Crippen LogP contribution in [0.1, 0.15) is 33.1 Å². The Bertz CT molecular complexity index is 223. The lowest BCUT2D eigenvalue weighted by molar-refractivity contribution is 0.0647. The van der Waals surface area contributed by atoms with Crippen LogP contribution in [0, 0.1) is 5.92 Å². The summed E-state index contributed by atoms with van der Waals surface area (Å²) in [6.07, 6.45) is 3.94. The first kappa shape index (κ1) is 12.3. The second-order valence-electron chi connectivity index (χ2n) is 6.07. The van der Waals surface area contributed by atoms with Crippen molar-refractivity contribution in [3.8, 4) is 0 Å². The normalized spacial score (nSPS) is 39.4. The van der Waals surface area contributed by atoms with Crippen LogP contribution in [0.15, 0.2) is 0 Å². The molecule has 2 N–H and O–H groups in total. The Morgan fingerprint density at radius 1 is 1.25 bits per heavy atom. The van der Waals surface area contributed by atoms with E-state index < -0.39 is 0 Å². The number of likely N-dealkylation sites (N-methyl/N-ethyl adjacent to an activating group) is 1. The Morgan fingerprint density at radius 3 is 2.31 bits per heavy atom. The van der Waals surface area contributed by atoms with Gasteiger partial charge in [-0.15, -0.1) is 0 Å². The highest BCUT2D eigenvalue weighted by molar-refractivity contribution is 5.03. The van der Waals surface area contributed by atoms with Crippen LogP contribution in [0.3, 0.4) is 0 Å². The van der Waals surface area contributed by atoms with Gasteiger partial charge in [-0.1, -0.05) is 6.92 Å². The van der Waals surface area contributed by atoms with Crippen molar-refractivity contribution in [2.45, 2.75) is 44.7 Å². The van der Waals surface area contributed by atoms with E-state index in [0.717, 1.165) is 19.0 Å². The largest absolute Gasteiger partial charge is 0.329 e. The summed E-state index contributed by atoms with van der Waals surface area (Å²) in [5.74, 6) is 0.905. The predicted molar refractivity (Wildman–Crippen MR) is 68.5 cm³/mol. The molecule has 16 heavy (non-hydrogen) atoms. The zero-order valence-corrected chi connectivity index (χ0v) is 11.1. The zero-order chi connectivity index (χ0) is 11.8. The summed E-state index contributed by atoms with van der Waals surface area (Å²) in [5.41, 5.74) is 6.36. The summed E-state index contributed by atoms with van der Waals surface area (Å²) in [7, 11) is 2.23. The fourth-order valence-corrected chi connectivity index (χ4v) is 3.38. The maximum absolute atomic E-state index is 6.09. The topological polar surface area (TPSA) is 32.5 Å². The Labute approximate surface area is 100.0 Å². The van der Waals surface area contributed by atoms with E-state index in [1.807, 2.05) is 0 Å². The van der Waals surface area contributed by atoms with Crippen molar-refractivity contribution >= 4 is 0 Å². The highest BCUT2D eigenvalue weighted by Gasteiger charge is 2.44. The molecule has 0 aromatic heterocycles. The third kappa shape index (κ3) is 2.13. The fourth-order valence-electron chi connectivity index (χ4n) is 3.38. The lowest BCUT2D eigenvalue weighted by Gasteiger charge is -2.44. The average Bonchev–Trinajstić information content (AvgIpc) is 2.57. The molecule has 2 saturated heterocycles. The highest BCUT2D eigenvalue weighted by Crippen LogP contribution is 2.33. The number of piperidine rings is 1. The van der Waals surface area contributed by atoms with E-state index in [1.54, 1.807) is 0 Å². The minimum atomic E-state index is 0.272. The van der Waals surface area contributed by atoms with E-state index in [2.05, 4.69) is 30.7 Å². The van der Waals surface area contributed by atoms with Gasteiger partial charge >= 0.3 is 0 Å². The van der Waals surface area contributed by atoms with Crippen molar-refractivity contribution in [2.75, 3.05) is 33.2 Å². The van der Waals surface area contributed by atoms with Crippen LogP contribution >= 0.6 is 0 Å². The van der Waals surface area contributed by atoms with E-state index in [4.69, 9.17) is 5.73 Å². The Balaban J connectivity index is 2.05. The van der Waals surface area contributed by atoms with Gasteiger partial charge in [0.15, 0.2) is 0 Å². The number of likely N-dealkylation sites (tertiary alicyclic amines) is 2. The number of hydrogen-bond acceptors (Lipinski definition) is 3. The zero-order valence-electron chi connectivity index (χ0n) is 11.1. The van der Waals surface area contributed by atoms with E-state index in [1.165, 1.54) is 32.4 Å². The molecule has 0 radical (unpaired) electrons.